The highest BCUT2D eigenvalue weighted by Crippen LogP contribution is 2.22. The highest BCUT2D eigenvalue weighted by molar-refractivity contribution is 9.08. The molecule has 2 rings (SSSR count). The molecule has 0 saturated heterocycles. The van der Waals surface area contributed by atoms with Gasteiger partial charge in [-0.15, -0.1) is 11.8 Å². The van der Waals surface area contributed by atoms with E-state index in [0.29, 0.717) is 0 Å². The SMILES string of the molecule is BrCc1ccc(CSc2ccccc2)cc1. The van der Waals surface area contributed by atoms with E-state index in [9.17, 15) is 0 Å². The van der Waals surface area contributed by atoms with Crippen LogP contribution in [0.3, 0.4) is 0 Å². The molecule has 82 valence electrons. The van der Waals surface area contributed by atoms with E-state index in [-0.39, 0.29) is 0 Å². The zero-order chi connectivity index (χ0) is 11.2. The molecule has 0 radical (unpaired) electrons. The first-order valence-electron chi connectivity index (χ1n) is 5.20. The molecule has 2 aromatic rings. The highest BCUT2D eigenvalue weighted by atomic mass is 79.9. The van der Waals surface area contributed by atoms with E-state index in [1.54, 1.807) is 0 Å². The smallest absolute Gasteiger partial charge is 0.0283 e. The molecule has 0 atom stereocenters. The van der Waals surface area contributed by atoms with Crippen LogP contribution in [-0.4, -0.2) is 0 Å². The summed E-state index contributed by atoms with van der Waals surface area (Å²) in [6.45, 7) is 0. The first-order chi connectivity index (χ1) is 7.88. The lowest BCUT2D eigenvalue weighted by Gasteiger charge is -2.02. The summed E-state index contributed by atoms with van der Waals surface area (Å²) in [4.78, 5) is 1.33. The van der Waals surface area contributed by atoms with Crippen molar-refractivity contribution in [1.82, 2.24) is 0 Å². The standard InChI is InChI=1S/C14H13BrS/c15-10-12-6-8-13(9-7-12)11-16-14-4-2-1-3-5-14/h1-9H,10-11H2. The largest absolute Gasteiger partial charge is 0.121 e. The Bertz CT molecular complexity index is 422. The quantitative estimate of drug-likeness (QED) is 0.572. The fraction of sp³-hybridized carbons (Fsp3) is 0.143. The van der Waals surface area contributed by atoms with Crippen molar-refractivity contribution in [1.29, 1.82) is 0 Å². The van der Waals surface area contributed by atoms with Crippen LogP contribution in [0.1, 0.15) is 11.1 Å². The Morgan fingerprint density at radius 2 is 1.44 bits per heavy atom. The number of halogens is 1. The highest BCUT2D eigenvalue weighted by Gasteiger charge is 1.96. The molecule has 2 aromatic carbocycles. The topological polar surface area (TPSA) is 0 Å². The van der Waals surface area contributed by atoms with Crippen LogP contribution in [0, 0.1) is 0 Å². The molecule has 0 aliphatic carbocycles. The first kappa shape index (κ1) is 11.7. The average molecular weight is 293 g/mol. The van der Waals surface area contributed by atoms with Crippen molar-refractivity contribution < 1.29 is 0 Å². The zero-order valence-electron chi connectivity index (χ0n) is 8.90. The summed E-state index contributed by atoms with van der Waals surface area (Å²) in [5, 5.41) is 0.930. The number of hydrogen-bond acceptors (Lipinski definition) is 1. The lowest BCUT2D eigenvalue weighted by atomic mass is 10.2. The summed E-state index contributed by atoms with van der Waals surface area (Å²) in [6, 6.07) is 19.3. The Labute approximate surface area is 109 Å². The van der Waals surface area contributed by atoms with Crippen LogP contribution in [0.25, 0.3) is 0 Å². The van der Waals surface area contributed by atoms with Crippen LogP contribution < -0.4 is 0 Å². The molecule has 0 amide bonds. The Balaban J connectivity index is 1.94. The molecule has 0 fully saturated rings. The second kappa shape index (κ2) is 6.12. The van der Waals surface area contributed by atoms with Gasteiger partial charge in [-0.25, -0.2) is 0 Å². The summed E-state index contributed by atoms with van der Waals surface area (Å²) in [5.74, 6) is 1.03. The van der Waals surface area contributed by atoms with Crippen LogP contribution in [0.15, 0.2) is 59.5 Å². The Morgan fingerprint density at radius 1 is 0.812 bits per heavy atom. The van der Waals surface area contributed by atoms with Crippen LogP contribution >= 0.6 is 27.7 Å². The van der Waals surface area contributed by atoms with E-state index < -0.39 is 0 Å². The monoisotopic (exact) mass is 292 g/mol. The minimum absolute atomic E-state index is 0.930. The van der Waals surface area contributed by atoms with Gasteiger partial charge < -0.3 is 0 Å². The molecule has 0 aliphatic heterocycles. The summed E-state index contributed by atoms with van der Waals surface area (Å²) in [7, 11) is 0. The molecule has 0 aromatic heterocycles. The molecular formula is C14H13BrS. The molecule has 2 heteroatoms. The molecule has 0 heterocycles. The van der Waals surface area contributed by atoms with Gasteiger partial charge in [-0.05, 0) is 23.3 Å². The molecule has 0 N–H and O–H groups in total. The van der Waals surface area contributed by atoms with Gasteiger partial charge in [0.15, 0.2) is 0 Å². The van der Waals surface area contributed by atoms with Crippen molar-refractivity contribution in [2.45, 2.75) is 16.0 Å². The predicted octanol–water partition coefficient (Wildman–Crippen LogP) is 4.87. The maximum Gasteiger partial charge on any atom is 0.0283 e. The third-order valence-corrected chi connectivity index (χ3v) is 4.06. The third kappa shape index (κ3) is 3.39. The Hall–Kier alpha value is -0.730. The van der Waals surface area contributed by atoms with Crippen LogP contribution in [0.2, 0.25) is 0 Å². The molecule has 16 heavy (non-hydrogen) atoms. The third-order valence-electron chi connectivity index (χ3n) is 2.33. The average Bonchev–Trinajstić information content (AvgIpc) is 2.38. The number of thioether (sulfide) groups is 1. The minimum atomic E-state index is 0.930. The molecule has 0 nitrogen and oxygen atoms in total. The van der Waals surface area contributed by atoms with E-state index in [1.165, 1.54) is 16.0 Å². The maximum atomic E-state index is 3.45. The molecule has 0 unspecified atom stereocenters. The van der Waals surface area contributed by atoms with Crippen molar-refractivity contribution >= 4 is 27.7 Å². The number of hydrogen-bond donors (Lipinski definition) is 0. The minimum Gasteiger partial charge on any atom is -0.121 e. The molecule has 0 bridgehead atoms. The van der Waals surface area contributed by atoms with E-state index in [2.05, 4.69) is 70.5 Å². The molecule has 0 aliphatic rings. The normalized spacial score (nSPS) is 10.3. The van der Waals surface area contributed by atoms with E-state index >= 15 is 0 Å². The summed E-state index contributed by atoms with van der Waals surface area (Å²) in [6.07, 6.45) is 0. The maximum absolute atomic E-state index is 3.45. The van der Waals surface area contributed by atoms with Gasteiger partial charge in [0.2, 0.25) is 0 Å². The summed E-state index contributed by atoms with van der Waals surface area (Å²) in [5.41, 5.74) is 2.70. The fourth-order valence-electron chi connectivity index (χ4n) is 1.41. The van der Waals surface area contributed by atoms with Crippen molar-refractivity contribution in [3.63, 3.8) is 0 Å². The predicted molar refractivity (Wildman–Crippen MR) is 75.1 cm³/mol. The molecule has 0 spiro atoms. The van der Waals surface area contributed by atoms with E-state index in [0.717, 1.165) is 11.1 Å². The summed E-state index contributed by atoms with van der Waals surface area (Å²) >= 11 is 5.33. The second-order valence-corrected chi connectivity index (χ2v) is 5.16. The van der Waals surface area contributed by atoms with Crippen LogP contribution in [0.4, 0.5) is 0 Å². The van der Waals surface area contributed by atoms with Crippen LogP contribution in [-0.2, 0) is 11.1 Å². The number of benzene rings is 2. The van der Waals surface area contributed by atoms with Crippen molar-refractivity contribution in [2.75, 3.05) is 0 Å². The number of alkyl halides is 1. The second-order valence-electron chi connectivity index (χ2n) is 3.55. The van der Waals surface area contributed by atoms with Gasteiger partial charge in [-0.2, -0.15) is 0 Å². The summed E-state index contributed by atoms with van der Waals surface area (Å²) < 4.78 is 0. The first-order valence-corrected chi connectivity index (χ1v) is 7.31. The van der Waals surface area contributed by atoms with E-state index in [1.807, 2.05) is 11.8 Å². The van der Waals surface area contributed by atoms with Crippen molar-refractivity contribution in [2.24, 2.45) is 0 Å². The van der Waals surface area contributed by atoms with Gasteiger partial charge in [-0.1, -0.05) is 58.4 Å². The Morgan fingerprint density at radius 3 is 2.06 bits per heavy atom. The zero-order valence-corrected chi connectivity index (χ0v) is 11.3. The number of rotatable bonds is 4. The van der Waals surface area contributed by atoms with Crippen LogP contribution in [0.5, 0.6) is 0 Å². The lowest BCUT2D eigenvalue weighted by Crippen LogP contribution is -1.82. The molecular weight excluding hydrogens is 280 g/mol. The van der Waals surface area contributed by atoms with Gasteiger partial charge in [-0.3, -0.25) is 0 Å². The van der Waals surface area contributed by atoms with Gasteiger partial charge in [0.05, 0.1) is 0 Å². The molecule has 0 saturated carbocycles. The van der Waals surface area contributed by atoms with Gasteiger partial charge in [0.25, 0.3) is 0 Å². The van der Waals surface area contributed by atoms with E-state index in [4.69, 9.17) is 0 Å². The fourth-order valence-corrected chi connectivity index (χ4v) is 2.66. The van der Waals surface area contributed by atoms with Crippen molar-refractivity contribution in [3.05, 3.63) is 65.7 Å². The van der Waals surface area contributed by atoms with Gasteiger partial charge in [0.1, 0.15) is 0 Å². The van der Waals surface area contributed by atoms with Gasteiger partial charge in [0, 0.05) is 16.0 Å². The lowest BCUT2D eigenvalue weighted by molar-refractivity contribution is 1.34. The Kier molecular flexibility index (Phi) is 4.49. The van der Waals surface area contributed by atoms with Gasteiger partial charge >= 0.3 is 0 Å². The van der Waals surface area contributed by atoms with Crippen molar-refractivity contribution in [3.8, 4) is 0 Å².